The number of rotatable bonds is 4. The Bertz CT molecular complexity index is 689. The maximum Gasteiger partial charge on any atom is 0.254 e. The number of hydrogen-bond donors (Lipinski definition) is 1. The van der Waals surface area contributed by atoms with Crippen LogP contribution in [0.5, 0.6) is 0 Å². The van der Waals surface area contributed by atoms with E-state index in [1.807, 2.05) is 6.92 Å². The number of benzene rings is 1. The molecule has 1 heterocycles. The molecule has 23 heavy (non-hydrogen) atoms. The summed E-state index contributed by atoms with van der Waals surface area (Å²) >= 11 is 0. The average Bonchev–Trinajstić information content (AvgIpc) is 2.46. The van der Waals surface area contributed by atoms with E-state index in [1.54, 1.807) is 18.7 Å². The van der Waals surface area contributed by atoms with Gasteiger partial charge in [-0.3, -0.25) is 4.79 Å². The Morgan fingerprint density at radius 2 is 2.04 bits per heavy atom. The molecule has 0 saturated carbocycles. The summed E-state index contributed by atoms with van der Waals surface area (Å²) < 4.78 is 40.7. The van der Waals surface area contributed by atoms with Crippen molar-refractivity contribution < 1.29 is 17.6 Å². The molecular formula is C16H23FN2O3S. The molecule has 1 aromatic rings. The fourth-order valence-corrected chi connectivity index (χ4v) is 4.14. The molecule has 0 aromatic heterocycles. The molecule has 1 aliphatic heterocycles. The summed E-state index contributed by atoms with van der Waals surface area (Å²) in [6, 6.07) is 3.25. The smallest absolute Gasteiger partial charge is 0.254 e. The number of hydrogen-bond acceptors (Lipinski definition) is 3. The van der Waals surface area contributed by atoms with Gasteiger partial charge in [-0.25, -0.2) is 17.5 Å². The van der Waals surface area contributed by atoms with Gasteiger partial charge in [-0.15, -0.1) is 0 Å². The molecule has 0 aliphatic carbocycles. The highest BCUT2D eigenvalue weighted by Crippen LogP contribution is 2.22. The predicted octanol–water partition coefficient (Wildman–Crippen LogP) is 2.53. The molecular weight excluding hydrogens is 319 g/mol. The highest BCUT2D eigenvalue weighted by Gasteiger charge is 2.27. The lowest BCUT2D eigenvalue weighted by molar-refractivity contribution is 0.0635. The third-order valence-corrected chi connectivity index (χ3v) is 5.60. The number of sulfonamides is 1. The molecule has 0 bridgehead atoms. The fourth-order valence-electron chi connectivity index (χ4n) is 2.78. The SMILES string of the molecule is CC(C)NS(=O)(=O)c1cc(C(=O)N2CCCCC2C)ccc1F. The topological polar surface area (TPSA) is 66.5 Å². The summed E-state index contributed by atoms with van der Waals surface area (Å²) in [5, 5.41) is 0. The van der Waals surface area contributed by atoms with Crippen molar-refractivity contribution in [3.8, 4) is 0 Å². The van der Waals surface area contributed by atoms with Crippen molar-refractivity contribution in [3.63, 3.8) is 0 Å². The van der Waals surface area contributed by atoms with E-state index < -0.39 is 20.7 Å². The Kier molecular flexibility index (Phi) is 5.41. The third kappa shape index (κ3) is 4.09. The molecule has 0 radical (unpaired) electrons. The Labute approximate surface area is 136 Å². The first-order valence-corrected chi connectivity index (χ1v) is 9.33. The van der Waals surface area contributed by atoms with Crippen molar-refractivity contribution in [2.24, 2.45) is 0 Å². The molecule has 2 rings (SSSR count). The molecule has 1 atom stereocenters. The minimum atomic E-state index is -3.99. The molecule has 7 heteroatoms. The Hall–Kier alpha value is -1.47. The number of likely N-dealkylation sites (tertiary alicyclic amines) is 1. The zero-order valence-electron chi connectivity index (χ0n) is 13.7. The van der Waals surface area contributed by atoms with Crippen LogP contribution in [-0.2, 0) is 10.0 Å². The van der Waals surface area contributed by atoms with Gasteiger partial charge in [0.2, 0.25) is 10.0 Å². The van der Waals surface area contributed by atoms with E-state index in [1.165, 1.54) is 6.07 Å². The molecule has 1 saturated heterocycles. The molecule has 1 fully saturated rings. The summed E-state index contributed by atoms with van der Waals surface area (Å²) in [4.78, 5) is 13.9. The van der Waals surface area contributed by atoms with Crippen LogP contribution in [-0.4, -0.2) is 37.9 Å². The zero-order valence-corrected chi connectivity index (χ0v) is 14.5. The number of piperidine rings is 1. The van der Waals surface area contributed by atoms with Crippen molar-refractivity contribution in [2.75, 3.05) is 6.54 Å². The first-order chi connectivity index (χ1) is 10.7. The van der Waals surface area contributed by atoms with Crippen LogP contribution >= 0.6 is 0 Å². The van der Waals surface area contributed by atoms with E-state index in [0.717, 1.165) is 31.4 Å². The molecule has 1 aliphatic rings. The average molecular weight is 342 g/mol. The van der Waals surface area contributed by atoms with Gasteiger partial charge in [-0.05, 0) is 58.2 Å². The minimum absolute atomic E-state index is 0.107. The van der Waals surface area contributed by atoms with Gasteiger partial charge in [-0.1, -0.05) is 0 Å². The van der Waals surface area contributed by atoms with Crippen molar-refractivity contribution in [1.82, 2.24) is 9.62 Å². The lowest BCUT2D eigenvalue weighted by Crippen LogP contribution is -2.42. The van der Waals surface area contributed by atoms with E-state index in [4.69, 9.17) is 0 Å². The van der Waals surface area contributed by atoms with Crippen LogP contribution in [0.15, 0.2) is 23.1 Å². The van der Waals surface area contributed by atoms with Crippen LogP contribution in [0.4, 0.5) is 4.39 Å². The van der Waals surface area contributed by atoms with Gasteiger partial charge in [0.1, 0.15) is 10.7 Å². The van der Waals surface area contributed by atoms with Crippen LogP contribution in [0.1, 0.15) is 50.4 Å². The second kappa shape index (κ2) is 6.97. The second-order valence-electron chi connectivity index (χ2n) is 6.26. The first kappa shape index (κ1) is 17.9. The number of carbonyl (C=O) groups excluding carboxylic acids is 1. The maximum atomic E-state index is 14.0. The lowest BCUT2D eigenvalue weighted by atomic mass is 10.0. The molecule has 0 spiro atoms. The first-order valence-electron chi connectivity index (χ1n) is 7.85. The quantitative estimate of drug-likeness (QED) is 0.914. The number of nitrogens with one attached hydrogen (secondary N) is 1. The Balaban J connectivity index is 2.35. The molecule has 1 N–H and O–H groups in total. The number of amides is 1. The monoisotopic (exact) mass is 342 g/mol. The predicted molar refractivity (Wildman–Crippen MR) is 86.2 cm³/mol. The van der Waals surface area contributed by atoms with Crippen LogP contribution in [0.25, 0.3) is 0 Å². The van der Waals surface area contributed by atoms with Crippen LogP contribution in [0, 0.1) is 5.82 Å². The Morgan fingerprint density at radius 1 is 1.35 bits per heavy atom. The van der Waals surface area contributed by atoms with Gasteiger partial charge in [0.15, 0.2) is 0 Å². The minimum Gasteiger partial charge on any atom is -0.336 e. The number of carbonyl (C=O) groups is 1. The number of nitrogens with zero attached hydrogens (tertiary/aromatic N) is 1. The second-order valence-corrected chi connectivity index (χ2v) is 7.95. The largest absolute Gasteiger partial charge is 0.336 e. The van der Waals surface area contributed by atoms with E-state index in [0.29, 0.717) is 6.54 Å². The van der Waals surface area contributed by atoms with Gasteiger partial charge in [0.05, 0.1) is 0 Å². The van der Waals surface area contributed by atoms with Gasteiger partial charge >= 0.3 is 0 Å². The summed E-state index contributed by atoms with van der Waals surface area (Å²) in [5.74, 6) is -1.11. The van der Waals surface area contributed by atoms with E-state index in [-0.39, 0.29) is 23.6 Å². The highest BCUT2D eigenvalue weighted by atomic mass is 32.2. The van der Waals surface area contributed by atoms with Crippen molar-refractivity contribution in [1.29, 1.82) is 0 Å². The summed E-state index contributed by atoms with van der Waals surface area (Å²) in [6.45, 7) is 5.92. The highest BCUT2D eigenvalue weighted by molar-refractivity contribution is 7.89. The standard InChI is InChI=1S/C16H23FN2O3S/c1-11(2)18-23(21,22)15-10-13(7-8-14(15)17)16(20)19-9-5-4-6-12(19)3/h7-8,10-12,18H,4-6,9H2,1-3H3. The lowest BCUT2D eigenvalue weighted by Gasteiger charge is -2.33. The van der Waals surface area contributed by atoms with Crippen molar-refractivity contribution >= 4 is 15.9 Å². The summed E-state index contributed by atoms with van der Waals surface area (Å²) in [5.41, 5.74) is 0.198. The summed E-state index contributed by atoms with van der Waals surface area (Å²) in [6.07, 6.45) is 2.93. The van der Waals surface area contributed by atoms with Crippen LogP contribution < -0.4 is 4.72 Å². The van der Waals surface area contributed by atoms with Gasteiger partial charge < -0.3 is 4.90 Å². The zero-order chi connectivity index (χ0) is 17.2. The maximum absolute atomic E-state index is 14.0. The van der Waals surface area contributed by atoms with Gasteiger partial charge in [-0.2, -0.15) is 0 Å². The van der Waals surface area contributed by atoms with Crippen LogP contribution in [0.2, 0.25) is 0 Å². The van der Waals surface area contributed by atoms with E-state index >= 15 is 0 Å². The van der Waals surface area contributed by atoms with Crippen molar-refractivity contribution in [2.45, 2.75) is 57.0 Å². The number of halogens is 1. The molecule has 5 nitrogen and oxygen atoms in total. The van der Waals surface area contributed by atoms with E-state index in [9.17, 15) is 17.6 Å². The third-order valence-electron chi connectivity index (χ3n) is 3.92. The summed E-state index contributed by atoms with van der Waals surface area (Å²) in [7, 11) is -3.99. The Morgan fingerprint density at radius 3 is 2.65 bits per heavy atom. The van der Waals surface area contributed by atoms with Crippen LogP contribution in [0.3, 0.4) is 0 Å². The molecule has 1 aromatic carbocycles. The normalized spacial score (nSPS) is 19.2. The van der Waals surface area contributed by atoms with E-state index in [2.05, 4.69) is 4.72 Å². The fraction of sp³-hybridized carbons (Fsp3) is 0.562. The van der Waals surface area contributed by atoms with Gasteiger partial charge in [0.25, 0.3) is 5.91 Å². The molecule has 1 amide bonds. The molecule has 128 valence electrons. The van der Waals surface area contributed by atoms with Crippen molar-refractivity contribution in [3.05, 3.63) is 29.6 Å². The van der Waals surface area contributed by atoms with Gasteiger partial charge in [0, 0.05) is 24.2 Å². The molecule has 1 unspecified atom stereocenters.